The van der Waals surface area contributed by atoms with Gasteiger partial charge in [0.15, 0.2) is 25.6 Å². The van der Waals surface area contributed by atoms with Gasteiger partial charge in [0.05, 0.1) is 21.1 Å². The molecule has 1 unspecified atom stereocenters. The molecule has 1 aliphatic heterocycles. The Labute approximate surface area is 192 Å². The van der Waals surface area contributed by atoms with Gasteiger partial charge in [0, 0.05) is 25.7 Å². The van der Waals surface area contributed by atoms with Crippen LogP contribution in [0.15, 0.2) is 40.2 Å². The number of nitrogens with one attached hydrogen (secondary N) is 1. The van der Waals surface area contributed by atoms with Crippen molar-refractivity contribution in [2.24, 2.45) is 4.99 Å². The molecule has 29 heavy (non-hydrogen) atoms. The average molecular weight is 558 g/mol. The van der Waals surface area contributed by atoms with Gasteiger partial charge in [0.2, 0.25) is 0 Å². The van der Waals surface area contributed by atoms with E-state index < -0.39 is 24.4 Å². The van der Waals surface area contributed by atoms with Gasteiger partial charge in [0.1, 0.15) is 0 Å². The monoisotopic (exact) mass is 557 g/mol. The van der Waals surface area contributed by atoms with Crippen molar-refractivity contribution in [2.75, 3.05) is 31.1 Å². The van der Waals surface area contributed by atoms with Gasteiger partial charge in [-0.05, 0) is 39.3 Å². The van der Waals surface area contributed by atoms with E-state index in [4.69, 9.17) is 0 Å². The first-order chi connectivity index (χ1) is 13.0. The maximum atomic E-state index is 12.7. The third-order valence-electron chi connectivity index (χ3n) is 5.00. The Morgan fingerprint density at radius 1 is 1.24 bits per heavy atom. The third kappa shape index (κ3) is 6.55. The lowest BCUT2D eigenvalue weighted by molar-refractivity contribution is 0.348. The molecule has 0 aliphatic carbocycles. The molecule has 1 fully saturated rings. The Bertz CT molecular complexity index is 901. The number of halogens is 1. The van der Waals surface area contributed by atoms with Crippen LogP contribution in [0.2, 0.25) is 0 Å². The number of hydrogen-bond acceptors (Lipinski definition) is 5. The van der Waals surface area contributed by atoms with Gasteiger partial charge in [0.25, 0.3) is 0 Å². The lowest BCUT2D eigenvalue weighted by atomic mass is 10.2. The number of aliphatic imine (C=N–C) groups is 1. The molecule has 0 bridgehead atoms. The molecule has 0 aromatic heterocycles. The highest BCUT2D eigenvalue weighted by atomic mass is 127. The first kappa shape index (κ1) is 26.2. The van der Waals surface area contributed by atoms with Gasteiger partial charge in [-0.3, -0.25) is 4.99 Å². The molecule has 7 nitrogen and oxygen atoms in total. The molecule has 1 aromatic rings. The first-order valence-electron chi connectivity index (χ1n) is 9.58. The largest absolute Gasteiger partial charge is 0.352 e. The number of benzene rings is 1. The smallest absolute Gasteiger partial charge is 0.194 e. The van der Waals surface area contributed by atoms with Gasteiger partial charge in [-0.15, -0.1) is 24.0 Å². The van der Waals surface area contributed by atoms with Crippen LogP contribution in [0, 0.1) is 0 Å². The Hall–Kier alpha value is -0.880. The second-order valence-electron chi connectivity index (χ2n) is 7.64. The van der Waals surface area contributed by atoms with Crippen molar-refractivity contribution >= 4 is 49.6 Å². The second-order valence-corrected chi connectivity index (χ2v) is 12.4. The van der Waals surface area contributed by atoms with E-state index in [0.29, 0.717) is 36.9 Å². The molecule has 2 rings (SSSR count). The SMILES string of the molecule is CCN=C(NC(CC)CS(=O)(=O)c1ccccc1)N1CCS(=O)(=O)C(C)(C)C1.I. The van der Waals surface area contributed by atoms with E-state index in [1.165, 1.54) is 0 Å². The summed E-state index contributed by atoms with van der Waals surface area (Å²) in [5.74, 6) is 0.579. The average Bonchev–Trinajstić information content (AvgIpc) is 2.63. The summed E-state index contributed by atoms with van der Waals surface area (Å²) >= 11 is 0. The van der Waals surface area contributed by atoms with Crippen LogP contribution < -0.4 is 5.32 Å². The maximum Gasteiger partial charge on any atom is 0.194 e. The number of nitrogens with zero attached hydrogens (tertiary/aromatic N) is 2. The Kier molecular flexibility index (Phi) is 9.41. The highest BCUT2D eigenvalue weighted by molar-refractivity contribution is 14.0. The van der Waals surface area contributed by atoms with Crippen molar-refractivity contribution in [2.45, 2.75) is 49.8 Å². The van der Waals surface area contributed by atoms with Gasteiger partial charge in [-0.25, -0.2) is 16.8 Å². The van der Waals surface area contributed by atoms with Gasteiger partial charge < -0.3 is 10.2 Å². The molecule has 0 spiro atoms. The minimum Gasteiger partial charge on any atom is -0.352 e. The molecule has 1 saturated heterocycles. The molecular formula is C19H32IN3O4S2. The van der Waals surface area contributed by atoms with Crippen LogP contribution in [-0.2, 0) is 19.7 Å². The Balaban J connectivity index is 0.00000420. The van der Waals surface area contributed by atoms with E-state index in [1.807, 2.05) is 18.7 Å². The summed E-state index contributed by atoms with van der Waals surface area (Å²) in [5.41, 5.74) is 0. The quantitative estimate of drug-likeness (QED) is 0.328. The second kappa shape index (κ2) is 10.4. The Morgan fingerprint density at radius 3 is 2.38 bits per heavy atom. The number of hydrogen-bond donors (Lipinski definition) is 1. The highest BCUT2D eigenvalue weighted by Gasteiger charge is 2.41. The van der Waals surface area contributed by atoms with Crippen molar-refractivity contribution in [1.29, 1.82) is 0 Å². The molecular weight excluding hydrogens is 525 g/mol. The van der Waals surface area contributed by atoms with Crippen molar-refractivity contribution in [3.05, 3.63) is 30.3 Å². The molecule has 10 heteroatoms. The van der Waals surface area contributed by atoms with Crippen LogP contribution >= 0.6 is 24.0 Å². The summed E-state index contributed by atoms with van der Waals surface area (Å²) in [4.78, 5) is 6.71. The van der Waals surface area contributed by atoms with E-state index in [1.54, 1.807) is 44.2 Å². The summed E-state index contributed by atoms with van der Waals surface area (Å²) in [5, 5.41) is 3.27. The number of guanidine groups is 1. The lowest BCUT2D eigenvalue weighted by Gasteiger charge is -2.40. The minimum atomic E-state index is -3.44. The number of rotatable bonds is 6. The van der Waals surface area contributed by atoms with Crippen LogP contribution in [-0.4, -0.2) is 69.6 Å². The molecule has 1 heterocycles. The zero-order valence-electron chi connectivity index (χ0n) is 17.5. The van der Waals surface area contributed by atoms with Crippen LogP contribution in [0.5, 0.6) is 0 Å². The molecule has 166 valence electrons. The van der Waals surface area contributed by atoms with E-state index in [0.717, 1.165) is 0 Å². The summed E-state index contributed by atoms with van der Waals surface area (Å²) < 4.78 is 49.2. The highest BCUT2D eigenvalue weighted by Crippen LogP contribution is 2.24. The molecule has 1 aromatic carbocycles. The third-order valence-corrected chi connectivity index (χ3v) is 9.36. The van der Waals surface area contributed by atoms with Gasteiger partial charge in [-0.1, -0.05) is 25.1 Å². The zero-order valence-corrected chi connectivity index (χ0v) is 21.4. The fourth-order valence-electron chi connectivity index (χ4n) is 3.14. The van der Waals surface area contributed by atoms with E-state index in [-0.39, 0.29) is 41.5 Å². The fraction of sp³-hybridized carbons (Fsp3) is 0.632. The van der Waals surface area contributed by atoms with E-state index >= 15 is 0 Å². The molecule has 1 atom stereocenters. The maximum absolute atomic E-state index is 12.7. The molecule has 1 aliphatic rings. The summed E-state index contributed by atoms with van der Waals surface area (Å²) in [6.45, 7) is 8.45. The van der Waals surface area contributed by atoms with Crippen molar-refractivity contribution < 1.29 is 16.8 Å². The minimum absolute atomic E-state index is 0. The van der Waals surface area contributed by atoms with E-state index in [2.05, 4.69) is 10.3 Å². The van der Waals surface area contributed by atoms with E-state index in [9.17, 15) is 16.8 Å². The fourth-order valence-corrected chi connectivity index (χ4v) is 6.12. The Morgan fingerprint density at radius 2 is 1.86 bits per heavy atom. The van der Waals surface area contributed by atoms with Gasteiger partial charge >= 0.3 is 0 Å². The summed E-state index contributed by atoms with van der Waals surface area (Å²) in [6.07, 6.45) is 0.602. The van der Waals surface area contributed by atoms with Crippen LogP contribution in [0.4, 0.5) is 0 Å². The molecule has 1 N–H and O–H groups in total. The predicted octanol–water partition coefficient (Wildman–Crippen LogP) is 2.33. The van der Waals surface area contributed by atoms with Crippen LogP contribution in [0.25, 0.3) is 0 Å². The summed E-state index contributed by atoms with van der Waals surface area (Å²) in [7, 11) is -6.60. The first-order valence-corrected chi connectivity index (χ1v) is 12.9. The normalized spacial score (nSPS) is 19.9. The summed E-state index contributed by atoms with van der Waals surface area (Å²) in [6, 6.07) is 8.08. The zero-order chi connectivity index (χ0) is 21.0. The lowest BCUT2D eigenvalue weighted by Crippen LogP contribution is -2.58. The molecule has 0 radical (unpaired) electrons. The van der Waals surface area contributed by atoms with Crippen LogP contribution in [0.3, 0.4) is 0 Å². The predicted molar refractivity (Wildman–Crippen MR) is 129 cm³/mol. The topological polar surface area (TPSA) is 95.9 Å². The van der Waals surface area contributed by atoms with Gasteiger partial charge in [-0.2, -0.15) is 0 Å². The van der Waals surface area contributed by atoms with Crippen molar-refractivity contribution in [3.8, 4) is 0 Å². The van der Waals surface area contributed by atoms with Crippen LogP contribution in [0.1, 0.15) is 34.1 Å². The van der Waals surface area contributed by atoms with Crippen molar-refractivity contribution in [1.82, 2.24) is 10.2 Å². The molecule has 0 amide bonds. The standard InChI is InChI=1S/C19H31N3O4S2.HI/c1-5-16(14-27(23,24)17-10-8-7-9-11-17)21-18(20-6-2)22-12-13-28(25,26)19(3,4)15-22;/h7-11,16H,5-6,12-15H2,1-4H3,(H,20,21);1H. The molecule has 0 saturated carbocycles. The van der Waals surface area contributed by atoms with Crippen molar-refractivity contribution in [3.63, 3.8) is 0 Å². The number of sulfone groups is 2.